The number of carbonyl (C=O) groups excluding carboxylic acids is 1. The highest BCUT2D eigenvalue weighted by Gasteiger charge is 2.24. The Labute approximate surface area is 109 Å². The molecular formula is C14H23N3O. The molecule has 0 saturated heterocycles. The summed E-state index contributed by atoms with van der Waals surface area (Å²) in [6, 6.07) is 2.36. The van der Waals surface area contributed by atoms with Gasteiger partial charge in [-0.1, -0.05) is 0 Å². The van der Waals surface area contributed by atoms with E-state index in [-0.39, 0.29) is 23.5 Å². The molecule has 0 aliphatic heterocycles. The third-order valence-corrected chi connectivity index (χ3v) is 3.54. The third-order valence-electron chi connectivity index (χ3n) is 3.54. The number of aromatic nitrogens is 1. The Bertz CT molecular complexity index is 430. The minimum Gasteiger partial charge on any atom is -0.349 e. The Morgan fingerprint density at radius 3 is 2.67 bits per heavy atom. The maximum absolute atomic E-state index is 12.1. The number of nitrogens with zero attached hydrogens (tertiary/aromatic N) is 1. The first-order chi connectivity index (χ1) is 8.36. The summed E-state index contributed by atoms with van der Waals surface area (Å²) in [5.74, 6) is 0.0112. The topological polar surface area (TPSA) is 60.0 Å². The van der Waals surface area contributed by atoms with E-state index in [1.54, 1.807) is 0 Å². The molecule has 0 spiro atoms. The summed E-state index contributed by atoms with van der Waals surface area (Å²) in [6.07, 6.45) is 6.76. The maximum atomic E-state index is 12.1. The van der Waals surface area contributed by atoms with Crippen molar-refractivity contribution in [2.45, 2.75) is 57.7 Å². The van der Waals surface area contributed by atoms with Gasteiger partial charge in [0.15, 0.2) is 0 Å². The predicted molar refractivity (Wildman–Crippen MR) is 72.5 cm³/mol. The molecular weight excluding hydrogens is 226 g/mol. The van der Waals surface area contributed by atoms with E-state index in [0.717, 1.165) is 24.8 Å². The molecule has 0 unspecified atom stereocenters. The summed E-state index contributed by atoms with van der Waals surface area (Å²) in [6.45, 7) is 6.35. The molecule has 0 bridgehead atoms. The Morgan fingerprint density at radius 2 is 2.17 bits per heavy atom. The third kappa shape index (κ3) is 2.93. The van der Waals surface area contributed by atoms with Crippen molar-refractivity contribution in [2.24, 2.45) is 5.73 Å². The van der Waals surface area contributed by atoms with E-state index in [1.807, 2.05) is 18.5 Å². The Balaban J connectivity index is 1.99. The SMILES string of the molecule is CC(C)(C)n1ccc(C(=O)N[C@@H]2CC[C@@H](N)C2)c1. The standard InChI is InChI=1S/C14H23N3O/c1-14(2,3)17-7-6-10(9-17)13(18)16-12-5-4-11(15)8-12/h6-7,9,11-12H,4-5,8,15H2,1-3H3,(H,16,18)/t11-,12-/m1/s1. The summed E-state index contributed by atoms with van der Waals surface area (Å²) < 4.78 is 2.06. The minimum absolute atomic E-state index is 0.00818. The van der Waals surface area contributed by atoms with Gasteiger partial charge in [0.05, 0.1) is 5.56 Å². The molecule has 4 heteroatoms. The van der Waals surface area contributed by atoms with Gasteiger partial charge in [0.1, 0.15) is 0 Å². The van der Waals surface area contributed by atoms with E-state index in [9.17, 15) is 4.79 Å². The van der Waals surface area contributed by atoms with E-state index in [4.69, 9.17) is 5.73 Å². The van der Waals surface area contributed by atoms with Crippen molar-refractivity contribution in [1.82, 2.24) is 9.88 Å². The van der Waals surface area contributed by atoms with Crippen molar-refractivity contribution in [1.29, 1.82) is 0 Å². The number of hydrogen-bond acceptors (Lipinski definition) is 2. The number of rotatable bonds is 2. The largest absolute Gasteiger partial charge is 0.349 e. The fourth-order valence-electron chi connectivity index (χ4n) is 2.36. The van der Waals surface area contributed by atoms with Gasteiger partial charge in [0.2, 0.25) is 0 Å². The molecule has 4 nitrogen and oxygen atoms in total. The molecule has 1 saturated carbocycles. The van der Waals surface area contributed by atoms with Crippen LogP contribution in [0.2, 0.25) is 0 Å². The average Bonchev–Trinajstić information content (AvgIpc) is 2.85. The monoisotopic (exact) mass is 249 g/mol. The van der Waals surface area contributed by atoms with Crippen LogP contribution in [0.5, 0.6) is 0 Å². The van der Waals surface area contributed by atoms with Crippen molar-refractivity contribution in [2.75, 3.05) is 0 Å². The van der Waals surface area contributed by atoms with Gasteiger partial charge >= 0.3 is 0 Å². The molecule has 1 aliphatic rings. The normalized spacial score (nSPS) is 24.2. The Morgan fingerprint density at radius 1 is 1.44 bits per heavy atom. The molecule has 1 amide bonds. The summed E-state index contributed by atoms with van der Waals surface area (Å²) in [5.41, 5.74) is 6.58. The minimum atomic E-state index is 0.00818. The number of amides is 1. The maximum Gasteiger partial charge on any atom is 0.253 e. The van der Waals surface area contributed by atoms with Gasteiger partial charge in [0.25, 0.3) is 5.91 Å². The van der Waals surface area contributed by atoms with Crippen molar-refractivity contribution in [3.63, 3.8) is 0 Å². The van der Waals surface area contributed by atoms with Crippen LogP contribution in [0.3, 0.4) is 0 Å². The smallest absolute Gasteiger partial charge is 0.253 e. The molecule has 1 heterocycles. The van der Waals surface area contributed by atoms with E-state index >= 15 is 0 Å². The molecule has 0 radical (unpaired) electrons. The van der Waals surface area contributed by atoms with Crippen LogP contribution < -0.4 is 11.1 Å². The highest BCUT2D eigenvalue weighted by molar-refractivity contribution is 5.94. The quantitative estimate of drug-likeness (QED) is 0.840. The molecule has 100 valence electrons. The first-order valence-corrected chi connectivity index (χ1v) is 6.61. The number of nitrogens with two attached hydrogens (primary N) is 1. The van der Waals surface area contributed by atoms with Crippen LogP contribution >= 0.6 is 0 Å². The van der Waals surface area contributed by atoms with E-state index < -0.39 is 0 Å². The Kier molecular flexibility index (Phi) is 3.48. The molecule has 18 heavy (non-hydrogen) atoms. The van der Waals surface area contributed by atoms with Gasteiger partial charge in [0, 0.05) is 30.0 Å². The fraction of sp³-hybridized carbons (Fsp3) is 0.643. The van der Waals surface area contributed by atoms with Gasteiger partial charge in [-0.2, -0.15) is 0 Å². The van der Waals surface area contributed by atoms with E-state index in [1.165, 1.54) is 0 Å². The molecule has 1 aliphatic carbocycles. The zero-order chi connectivity index (χ0) is 13.3. The second-order valence-corrected chi connectivity index (χ2v) is 6.22. The van der Waals surface area contributed by atoms with Crippen molar-refractivity contribution in [3.8, 4) is 0 Å². The van der Waals surface area contributed by atoms with Crippen LogP contribution in [-0.2, 0) is 5.54 Å². The Hall–Kier alpha value is -1.29. The summed E-state index contributed by atoms with van der Waals surface area (Å²) in [4.78, 5) is 12.1. The predicted octanol–water partition coefficient (Wildman–Crippen LogP) is 1.85. The van der Waals surface area contributed by atoms with Crippen LogP contribution in [0.4, 0.5) is 0 Å². The highest BCUT2D eigenvalue weighted by Crippen LogP contribution is 2.19. The van der Waals surface area contributed by atoms with Gasteiger partial charge in [-0.15, -0.1) is 0 Å². The zero-order valence-electron chi connectivity index (χ0n) is 11.4. The van der Waals surface area contributed by atoms with E-state index in [0.29, 0.717) is 0 Å². The summed E-state index contributed by atoms with van der Waals surface area (Å²) in [7, 11) is 0. The second kappa shape index (κ2) is 4.76. The fourth-order valence-corrected chi connectivity index (χ4v) is 2.36. The van der Waals surface area contributed by atoms with Crippen LogP contribution in [0.15, 0.2) is 18.5 Å². The van der Waals surface area contributed by atoms with Crippen LogP contribution in [0, 0.1) is 0 Å². The zero-order valence-corrected chi connectivity index (χ0v) is 11.4. The lowest BCUT2D eigenvalue weighted by Crippen LogP contribution is -2.34. The summed E-state index contributed by atoms with van der Waals surface area (Å²) in [5, 5.41) is 3.06. The van der Waals surface area contributed by atoms with Gasteiger partial charge in [-0.05, 0) is 46.1 Å². The molecule has 1 aromatic heterocycles. The number of nitrogens with one attached hydrogen (secondary N) is 1. The summed E-state index contributed by atoms with van der Waals surface area (Å²) >= 11 is 0. The van der Waals surface area contributed by atoms with Crippen molar-refractivity contribution >= 4 is 5.91 Å². The lowest BCUT2D eigenvalue weighted by Gasteiger charge is -2.20. The average molecular weight is 249 g/mol. The van der Waals surface area contributed by atoms with Crippen LogP contribution in [-0.4, -0.2) is 22.6 Å². The molecule has 1 fully saturated rings. The van der Waals surface area contributed by atoms with E-state index in [2.05, 4.69) is 30.7 Å². The molecule has 0 aromatic carbocycles. The van der Waals surface area contributed by atoms with Gasteiger partial charge in [-0.25, -0.2) is 0 Å². The molecule has 1 aromatic rings. The molecule has 2 atom stereocenters. The van der Waals surface area contributed by atoms with Gasteiger partial charge in [-0.3, -0.25) is 4.79 Å². The van der Waals surface area contributed by atoms with Crippen LogP contribution in [0.1, 0.15) is 50.4 Å². The van der Waals surface area contributed by atoms with Gasteiger partial charge < -0.3 is 15.6 Å². The lowest BCUT2D eigenvalue weighted by atomic mass is 10.1. The molecule has 2 rings (SSSR count). The van der Waals surface area contributed by atoms with Crippen molar-refractivity contribution in [3.05, 3.63) is 24.0 Å². The number of hydrogen-bond donors (Lipinski definition) is 2. The van der Waals surface area contributed by atoms with Crippen LogP contribution in [0.25, 0.3) is 0 Å². The first-order valence-electron chi connectivity index (χ1n) is 6.61. The van der Waals surface area contributed by atoms with Crippen molar-refractivity contribution < 1.29 is 4.79 Å². The number of carbonyl (C=O) groups is 1. The first kappa shape index (κ1) is 13.1. The molecule has 3 N–H and O–H groups in total. The second-order valence-electron chi connectivity index (χ2n) is 6.22. The highest BCUT2D eigenvalue weighted by atomic mass is 16.1. The lowest BCUT2D eigenvalue weighted by molar-refractivity contribution is 0.0937.